The molecule has 0 heterocycles. The minimum atomic E-state index is -0.327. The van der Waals surface area contributed by atoms with E-state index in [0.717, 1.165) is 26.0 Å². The second kappa shape index (κ2) is 9.89. The van der Waals surface area contributed by atoms with Crippen molar-refractivity contribution in [2.24, 2.45) is 5.10 Å². The van der Waals surface area contributed by atoms with Crippen molar-refractivity contribution in [3.63, 3.8) is 0 Å². The van der Waals surface area contributed by atoms with Crippen LogP contribution in [0.1, 0.15) is 5.56 Å². The van der Waals surface area contributed by atoms with E-state index in [-0.39, 0.29) is 12.5 Å². The van der Waals surface area contributed by atoms with E-state index < -0.39 is 0 Å². The van der Waals surface area contributed by atoms with E-state index in [1.54, 1.807) is 13.3 Å². The molecule has 0 fully saturated rings. The maximum Gasteiger partial charge on any atom is 0.277 e. The average molecular weight is 486 g/mol. The zero-order chi connectivity index (χ0) is 19.8. The maximum absolute atomic E-state index is 11.9. The number of carbonyl (C=O) groups excluding carboxylic acids is 1. The molecule has 1 amide bonds. The molecule has 0 aliphatic carbocycles. The number of hydrogen-bond acceptors (Lipinski definition) is 4. The van der Waals surface area contributed by atoms with Crippen LogP contribution in [0.15, 0.2) is 77.9 Å². The maximum atomic E-state index is 11.9. The van der Waals surface area contributed by atoms with Crippen molar-refractivity contribution in [3.05, 3.63) is 81.9 Å². The van der Waals surface area contributed by atoms with Gasteiger partial charge in [0, 0.05) is 0 Å². The third-order valence-corrected chi connectivity index (χ3v) is 4.75. The molecule has 1 N–H and O–H groups in total. The Morgan fingerprint density at radius 3 is 2.43 bits per heavy atom. The first-order valence-electron chi connectivity index (χ1n) is 8.59. The Morgan fingerprint density at radius 1 is 1.04 bits per heavy atom. The molecule has 0 radical (unpaired) electrons. The van der Waals surface area contributed by atoms with Crippen LogP contribution in [0, 0.1) is 3.57 Å². The highest BCUT2D eigenvalue weighted by Gasteiger charge is 2.03. The van der Waals surface area contributed by atoms with Gasteiger partial charge in [-0.05, 0) is 69.6 Å². The molecule has 0 aliphatic heterocycles. The number of nitrogens with zero attached hydrogens (tertiary/aromatic N) is 1. The SMILES string of the molecule is COc1ccc(C=NNC(=O)COc2ccc(-c3ccccc3)cc2)cc1I. The number of hydrogen-bond donors (Lipinski definition) is 1. The third-order valence-electron chi connectivity index (χ3n) is 3.91. The minimum Gasteiger partial charge on any atom is -0.496 e. The summed E-state index contributed by atoms with van der Waals surface area (Å²) in [5.41, 5.74) is 5.55. The molecule has 0 bridgehead atoms. The van der Waals surface area contributed by atoms with E-state index in [0.29, 0.717) is 5.75 Å². The van der Waals surface area contributed by atoms with E-state index in [9.17, 15) is 4.79 Å². The largest absolute Gasteiger partial charge is 0.496 e. The molecular formula is C22H19IN2O3. The summed E-state index contributed by atoms with van der Waals surface area (Å²) in [4.78, 5) is 11.9. The second-order valence-electron chi connectivity index (χ2n) is 5.87. The molecule has 6 heteroatoms. The van der Waals surface area contributed by atoms with Gasteiger partial charge < -0.3 is 9.47 Å². The lowest BCUT2D eigenvalue weighted by atomic mass is 10.1. The van der Waals surface area contributed by atoms with Crippen molar-refractivity contribution in [2.45, 2.75) is 0 Å². The Morgan fingerprint density at radius 2 is 1.75 bits per heavy atom. The van der Waals surface area contributed by atoms with Crippen molar-refractivity contribution in [1.29, 1.82) is 0 Å². The van der Waals surface area contributed by atoms with Crippen LogP contribution in [0.5, 0.6) is 11.5 Å². The van der Waals surface area contributed by atoms with Crippen LogP contribution < -0.4 is 14.9 Å². The Hall–Kier alpha value is -2.87. The predicted molar refractivity (Wildman–Crippen MR) is 119 cm³/mol. The quantitative estimate of drug-likeness (QED) is 0.304. The summed E-state index contributed by atoms with van der Waals surface area (Å²) in [5, 5.41) is 3.96. The summed E-state index contributed by atoms with van der Waals surface area (Å²) in [6.45, 7) is -0.109. The molecule has 0 saturated carbocycles. The fourth-order valence-electron chi connectivity index (χ4n) is 2.50. The Balaban J connectivity index is 1.48. The number of methoxy groups -OCH3 is 1. The standard InChI is InChI=1S/C22H19IN2O3/c1-27-21-12-7-16(13-20(21)23)14-24-25-22(26)15-28-19-10-8-18(9-11-19)17-5-3-2-4-6-17/h2-14H,15H2,1H3,(H,25,26). The van der Waals surface area contributed by atoms with Crippen LogP contribution in [-0.2, 0) is 4.79 Å². The van der Waals surface area contributed by atoms with Crippen molar-refractivity contribution in [1.82, 2.24) is 5.43 Å². The predicted octanol–water partition coefficient (Wildman–Crippen LogP) is 4.50. The van der Waals surface area contributed by atoms with Gasteiger partial charge in [0.05, 0.1) is 16.9 Å². The zero-order valence-electron chi connectivity index (χ0n) is 15.3. The van der Waals surface area contributed by atoms with Gasteiger partial charge in [0.1, 0.15) is 11.5 Å². The molecule has 28 heavy (non-hydrogen) atoms. The highest BCUT2D eigenvalue weighted by molar-refractivity contribution is 14.1. The number of hydrazone groups is 1. The number of halogens is 1. The second-order valence-corrected chi connectivity index (χ2v) is 7.03. The summed E-state index contributed by atoms with van der Waals surface area (Å²) in [7, 11) is 1.63. The molecule has 0 spiro atoms. The van der Waals surface area contributed by atoms with Crippen LogP contribution in [0.4, 0.5) is 0 Å². The lowest BCUT2D eigenvalue weighted by molar-refractivity contribution is -0.123. The molecule has 142 valence electrons. The number of benzene rings is 3. The Labute approximate surface area is 177 Å². The lowest BCUT2D eigenvalue weighted by Crippen LogP contribution is -2.24. The summed E-state index contributed by atoms with van der Waals surface area (Å²) >= 11 is 2.18. The molecular weight excluding hydrogens is 467 g/mol. The lowest BCUT2D eigenvalue weighted by Gasteiger charge is -2.07. The zero-order valence-corrected chi connectivity index (χ0v) is 17.4. The van der Waals surface area contributed by atoms with E-state index in [1.165, 1.54) is 0 Å². The first kappa shape index (κ1) is 19.9. The normalized spacial score (nSPS) is 10.6. The third kappa shape index (κ3) is 5.56. The highest BCUT2D eigenvalue weighted by Crippen LogP contribution is 2.22. The molecule has 3 rings (SSSR count). The summed E-state index contributed by atoms with van der Waals surface area (Å²) in [6, 6.07) is 23.3. The smallest absolute Gasteiger partial charge is 0.277 e. The van der Waals surface area contributed by atoms with Gasteiger partial charge in [-0.2, -0.15) is 5.10 Å². The molecule has 0 atom stereocenters. The molecule has 0 aliphatic rings. The van der Waals surface area contributed by atoms with Gasteiger partial charge >= 0.3 is 0 Å². The minimum absolute atomic E-state index is 0.109. The van der Waals surface area contributed by atoms with E-state index in [1.807, 2.05) is 72.8 Å². The fourth-order valence-corrected chi connectivity index (χ4v) is 3.26. The van der Waals surface area contributed by atoms with Gasteiger partial charge in [-0.25, -0.2) is 5.43 Å². The monoisotopic (exact) mass is 486 g/mol. The van der Waals surface area contributed by atoms with Crippen LogP contribution >= 0.6 is 22.6 Å². The van der Waals surface area contributed by atoms with Gasteiger partial charge in [0.25, 0.3) is 5.91 Å². The molecule has 0 aromatic heterocycles. The van der Waals surface area contributed by atoms with Crippen molar-refractivity contribution >= 4 is 34.7 Å². The molecule has 3 aromatic carbocycles. The topological polar surface area (TPSA) is 59.9 Å². The molecule has 0 unspecified atom stereocenters. The number of nitrogens with one attached hydrogen (secondary N) is 1. The molecule has 3 aromatic rings. The number of ether oxygens (including phenoxy) is 2. The molecule has 0 saturated heterocycles. The van der Waals surface area contributed by atoms with Gasteiger partial charge in [-0.3, -0.25) is 4.79 Å². The van der Waals surface area contributed by atoms with Gasteiger partial charge in [0.2, 0.25) is 0 Å². The van der Waals surface area contributed by atoms with Gasteiger partial charge in [-0.1, -0.05) is 42.5 Å². The van der Waals surface area contributed by atoms with Crippen molar-refractivity contribution in [3.8, 4) is 22.6 Å². The van der Waals surface area contributed by atoms with Crippen LogP contribution in [0.25, 0.3) is 11.1 Å². The average Bonchev–Trinajstić information content (AvgIpc) is 2.73. The molecule has 5 nitrogen and oxygen atoms in total. The summed E-state index contributed by atoms with van der Waals surface area (Å²) in [5.74, 6) is 1.10. The van der Waals surface area contributed by atoms with Crippen LogP contribution in [0.3, 0.4) is 0 Å². The number of carbonyl (C=O) groups is 1. The fraction of sp³-hybridized carbons (Fsp3) is 0.0909. The summed E-state index contributed by atoms with van der Waals surface area (Å²) < 4.78 is 11.7. The summed E-state index contributed by atoms with van der Waals surface area (Å²) in [6.07, 6.45) is 1.58. The van der Waals surface area contributed by atoms with Gasteiger partial charge in [-0.15, -0.1) is 0 Å². The first-order valence-corrected chi connectivity index (χ1v) is 9.67. The first-order chi connectivity index (χ1) is 13.7. The highest BCUT2D eigenvalue weighted by atomic mass is 127. The van der Waals surface area contributed by atoms with Crippen molar-refractivity contribution < 1.29 is 14.3 Å². The van der Waals surface area contributed by atoms with Crippen molar-refractivity contribution in [2.75, 3.05) is 13.7 Å². The van der Waals surface area contributed by atoms with E-state index in [4.69, 9.17) is 9.47 Å². The Bertz CT molecular complexity index is 957. The van der Waals surface area contributed by atoms with Crippen LogP contribution in [-0.4, -0.2) is 25.8 Å². The van der Waals surface area contributed by atoms with E-state index >= 15 is 0 Å². The van der Waals surface area contributed by atoms with Crippen LogP contribution in [0.2, 0.25) is 0 Å². The van der Waals surface area contributed by atoms with Gasteiger partial charge in [0.15, 0.2) is 6.61 Å². The number of rotatable bonds is 7. The Kier molecular flexibility index (Phi) is 7.02. The van der Waals surface area contributed by atoms with E-state index in [2.05, 4.69) is 33.1 Å². The number of amides is 1.